The molecule has 1 aromatic carbocycles. The molecule has 2 rings (SSSR count). The van der Waals surface area contributed by atoms with Gasteiger partial charge in [-0.15, -0.1) is 0 Å². The van der Waals surface area contributed by atoms with Crippen molar-refractivity contribution in [3.8, 4) is 5.69 Å². The summed E-state index contributed by atoms with van der Waals surface area (Å²) in [4.78, 5) is 0. The van der Waals surface area contributed by atoms with Gasteiger partial charge in [0.1, 0.15) is 0 Å². The second kappa shape index (κ2) is 4.44. The Bertz CT molecular complexity index is 497. The first kappa shape index (κ1) is 11.4. The van der Waals surface area contributed by atoms with E-state index in [0.717, 1.165) is 10.0 Å². The maximum absolute atomic E-state index is 5.59. The van der Waals surface area contributed by atoms with E-state index in [1.165, 1.54) is 17.1 Å². The van der Waals surface area contributed by atoms with Crippen molar-refractivity contribution in [1.29, 1.82) is 0 Å². The molecule has 0 radical (unpaired) electrons. The summed E-state index contributed by atoms with van der Waals surface area (Å²) in [7, 11) is 0. The summed E-state index contributed by atoms with van der Waals surface area (Å²) in [5, 5.41) is 0. The molecule has 1 heterocycles. The molecule has 2 N–H and O–H groups in total. The van der Waals surface area contributed by atoms with Crippen LogP contribution in [0, 0.1) is 13.8 Å². The lowest BCUT2D eigenvalue weighted by molar-refractivity contribution is 0.958. The Morgan fingerprint density at radius 1 is 1.19 bits per heavy atom. The predicted molar refractivity (Wildman–Crippen MR) is 70.8 cm³/mol. The molecule has 16 heavy (non-hydrogen) atoms. The normalized spacial score (nSPS) is 10.8. The highest BCUT2D eigenvalue weighted by molar-refractivity contribution is 9.10. The molecule has 0 aliphatic rings. The topological polar surface area (TPSA) is 30.9 Å². The minimum absolute atomic E-state index is 0.591. The minimum atomic E-state index is 0.591. The first-order valence-corrected chi connectivity index (χ1v) is 6.06. The summed E-state index contributed by atoms with van der Waals surface area (Å²) < 4.78 is 3.37. The van der Waals surface area contributed by atoms with Gasteiger partial charge in [-0.3, -0.25) is 0 Å². The summed E-state index contributed by atoms with van der Waals surface area (Å²) in [5.41, 5.74) is 10.4. The number of nitrogens with zero attached hydrogens (tertiary/aromatic N) is 1. The maximum atomic E-state index is 5.59. The molecule has 0 spiro atoms. The van der Waals surface area contributed by atoms with Crippen LogP contribution in [0.2, 0.25) is 0 Å². The fourth-order valence-corrected chi connectivity index (χ4v) is 2.41. The molecule has 1 aromatic heterocycles. The molecule has 0 fully saturated rings. The Labute approximate surface area is 104 Å². The lowest BCUT2D eigenvalue weighted by Gasteiger charge is -2.10. The zero-order chi connectivity index (χ0) is 11.7. The Morgan fingerprint density at radius 2 is 1.81 bits per heavy atom. The van der Waals surface area contributed by atoms with E-state index in [2.05, 4.69) is 64.7 Å². The smallest absolute Gasteiger partial charge is 0.0455 e. The number of hydrogen-bond donors (Lipinski definition) is 1. The summed E-state index contributed by atoms with van der Waals surface area (Å²) in [6, 6.07) is 10.5. The third-order valence-electron chi connectivity index (χ3n) is 2.80. The average Bonchev–Trinajstić information content (AvgIpc) is 2.54. The van der Waals surface area contributed by atoms with E-state index in [1.54, 1.807) is 0 Å². The first-order valence-electron chi connectivity index (χ1n) is 5.27. The van der Waals surface area contributed by atoms with Crippen LogP contribution in [0.1, 0.15) is 17.0 Å². The van der Waals surface area contributed by atoms with Gasteiger partial charge in [-0.1, -0.05) is 12.1 Å². The standard InChI is InChI=1S/C13H15BrN2/c1-9-7-13(14)10(2)16(9)12-5-3-11(8-15)4-6-12/h3-7H,8,15H2,1-2H3. The zero-order valence-electron chi connectivity index (χ0n) is 9.50. The third-order valence-corrected chi connectivity index (χ3v) is 3.60. The van der Waals surface area contributed by atoms with Crippen LogP contribution in [-0.2, 0) is 6.54 Å². The SMILES string of the molecule is Cc1cc(Br)c(C)n1-c1ccc(CN)cc1. The van der Waals surface area contributed by atoms with E-state index in [9.17, 15) is 0 Å². The minimum Gasteiger partial charge on any atom is -0.326 e. The molecule has 0 unspecified atom stereocenters. The monoisotopic (exact) mass is 278 g/mol. The molecule has 2 nitrogen and oxygen atoms in total. The van der Waals surface area contributed by atoms with Crippen LogP contribution in [-0.4, -0.2) is 4.57 Å². The van der Waals surface area contributed by atoms with Crippen LogP contribution >= 0.6 is 15.9 Å². The molecular formula is C13H15BrN2. The van der Waals surface area contributed by atoms with Gasteiger partial charge in [0.05, 0.1) is 0 Å². The molecule has 0 amide bonds. The van der Waals surface area contributed by atoms with Crippen molar-refractivity contribution in [1.82, 2.24) is 4.57 Å². The lowest BCUT2D eigenvalue weighted by atomic mass is 10.2. The van der Waals surface area contributed by atoms with E-state index in [-0.39, 0.29) is 0 Å². The van der Waals surface area contributed by atoms with Crippen LogP contribution in [0.3, 0.4) is 0 Å². The number of benzene rings is 1. The van der Waals surface area contributed by atoms with Crippen LogP contribution in [0.25, 0.3) is 5.69 Å². The molecule has 2 aromatic rings. The van der Waals surface area contributed by atoms with Crippen molar-refractivity contribution in [2.45, 2.75) is 20.4 Å². The van der Waals surface area contributed by atoms with E-state index in [1.807, 2.05) is 0 Å². The van der Waals surface area contributed by atoms with Crippen LogP contribution < -0.4 is 5.73 Å². The number of nitrogens with two attached hydrogens (primary N) is 1. The van der Waals surface area contributed by atoms with Gasteiger partial charge in [0.15, 0.2) is 0 Å². The third kappa shape index (κ3) is 1.93. The second-order valence-corrected chi connectivity index (χ2v) is 4.78. The fraction of sp³-hybridized carbons (Fsp3) is 0.231. The number of rotatable bonds is 2. The molecule has 84 valence electrons. The Balaban J connectivity index is 2.50. The van der Waals surface area contributed by atoms with Crippen molar-refractivity contribution < 1.29 is 0 Å². The summed E-state index contributed by atoms with van der Waals surface area (Å²) in [6.07, 6.45) is 0. The van der Waals surface area contributed by atoms with Gasteiger partial charge in [-0.2, -0.15) is 0 Å². The fourth-order valence-electron chi connectivity index (χ4n) is 1.90. The van der Waals surface area contributed by atoms with E-state index in [0.29, 0.717) is 6.54 Å². The zero-order valence-corrected chi connectivity index (χ0v) is 11.1. The number of halogens is 1. The summed E-state index contributed by atoms with van der Waals surface area (Å²) >= 11 is 3.55. The Morgan fingerprint density at radius 3 is 2.25 bits per heavy atom. The van der Waals surface area contributed by atoms with Crippen LogP contribution in [0.15, 0.2) is 34.8 Å². The van der Waals surface area contributed by atoms with Crippen LogP contribution in [0.4, 0.5) is 0 Å². The van der Waals surface area contributed by atoms with Gasteiger partial charge in [0.2, 0.25) is 0 Å². The molecule has 0 aliphatic carbocycles. The van der Waals surface area contributed by atoms with Crippen LogP contribution in [0.5, 0.6) is 0 Å². The quantitative estimate of drug-likeness (QED) is 0.898. The Hall–Kier alpha value is -1.06. The molecule has 0 saturated carbocycles. The van der Waals surface area contributed by atoms with Gasteiger partial charge in [-0.25, -0.2) is 0 Å². The van der Waals surface area contributed by atoms with Gasteiger partial charge < -0.3 is 10.3 Å². The van der Waals surface area contributed by atoms with Crippen molar-refractivity contribution in [3.63, 3.8) is 0 Å². The number of aromatic nitrogens is 1. The van der Waals surface area contributed by atoms with E-state index in [4.69, 9.17) is 5.73 Å². The number of hydrogen-bond acceptors (Lipinski definition) is 1. The molecule has 0 aliphatic heterocycles. The van der Waals surface area contributed by atoms with Crippen molar-refractivity contribution >= 4 is 15.9 Å². The lowest BCUT2D eigenvalue weighted by Crippen LogP contribution is -2.00. The molecule has 0 bridgehead atoms. The van der Waals surface area contributed by atoms with Crippen molar-refractivity contribution in [2.24, 2.45) is 5.73 Å². The van der Waals surface area contributed by atoms with Crippen molar-refractivity contribution in [3.05, 3.63) is 51.8 Å². The maximum Gasteiger partial charge on any atom is 0.0455 e. The van der Waals surface area contributed by atoms with Gasteiger partial charge in [0.25, 0.3) is 0 Å². The first-order chi connectivity index (χ1) is 7.63. The highest BCUT2D eigenvalue weighted by Gasteiger charge is 2.08. The summed E-state index contributed by atoms with van der Waals surface area (Å²) in [6.45, 7) is 4.80. The van der Waals surface area contributed by atoms with Gasteiger partial charge in [-0.05, 0) is 53.5 Å². The van der Waals surface area contributed by atoms with Crippen molar-refractivity contribution in [2.75, 3.05) is 0 Å². The second-order valence-electron chi connectivity index (χ2n) is 3.93. The van der Waals surface area contributed by atoms with Gasteiger partial charge in [0, 0.05) is 28.1 Å². The Kier molecular flexibility index (Phi) is 3.17. The predicted octanol–water partition coefficient (Wildman–Crippen LogP) is 3.32. The molecular weight excluding hydrogens is 264 g/mol. The molecule has 0 atom stereocenters. The van der Waals surface area contributed by atoms with Gasteiger partial charge >= 0.3 is 0 Å². The highest BCUT2D eigenvalue weighted by Crippen LogP contribution is 2.24. The van der Waals surface area contributed by atoms with E-state index >= 15 is 0 Å². The molecule has 3 heteroatoms. The summed E-state index contributed by atoms with van der Waals surface area (Å²) in [5.74, 6) is 0. The number of aryl methyl sites for hydroxylation is 1. The highest BCUT2D eigenvalue weighted by atomic mass is 79.9. The average molecular weight is 279 g/mol. The molecule has 0 saturated heterocycles. The largest absolute Gasteiger partial charge is 0.326 e. The van der Waals surface area contributed by atoms with E-state index < -0.39 is 0 Å².